The van der Waals surface area contributed by atoms with E-state index in [1.807, 2.05) is 31.2 Å². The molecule has 0 saturated heterocycles. The zero-order chi connectivity index (χ0) is 21.8. The summed E-state index contributed by atoms with van der Waals surface area (Å²) in [7, 11) is 0. The van der Waals surface area contributed by atoms with Crippen molar-refractivity contribution < 1.29 is 5.11 Å². The Morgan fingerprint density at radius 2 is 1.90 bits per heavy atom. The molecular formula is C23H31N5O2. The van der Waals surface area contributed by atoms with Gasteiger partial charge in [-0.05, 0) is 50.5 Å². The van der Waals surface area contributed by atoms with Crippen molar-refractivity contribution in [2.75, 3.05) is 24.6 Å². The predicted molar refractivity (Wildman–Crippen MR) is 123 cm³/mol. The second-order valence-corrected chi connectivity index (χ2v) is 7.79. The molecule has 1 N–H and O–H groups in total. The summed E-state index contributed by atoms with van der Waals surface area (Å²) in [6.07, 6.45) is 1.58. The minimum absolute atomic E-state index is 0.0898. The van der Waals surface area contributed by atoms with Gasteiger partial charge >= 0.3 is 0 Å². The number of nitrogens with zero attached hydrogens (tertiary/aromatic N) is 5. The summed E-state index contributed by atoms with van der Waals surface area (Å²) in [6, 6.07) is 7.85. The monoisotopic (exact) mass is 409 g/mol. The number of fused-ring (bicyclic) bond motifs is 1. The first-order chi connectivity index (χ1) is 14.4. The van der Waals surface area contributed by atoms with Gasteiger partial charge in [0.1, 0.15) is 5.71 Å². The Morgan fingerprint density at radius 3 is 2.47 bits per heavy atom. The van der Waals surface area contributed by atoms with Crippen molar-refractivity contribution in [3.8, 4) is 0 Å². The Balaban J connectivity index is 2.03. The first-order valence-electron chi connectivity index (χ1n) is 10.7. The van der Waals surface area contributed by atoms with Crippen molar-refractivity contribution in [1.29, 1.82) is 0 Å². The van der Waals surface area contributed by atoms with Gasteiger partial charge in [0.2, 0.25) is 0 Å². The van der Waals surface area contributed by atoms with Crippen LogP contribution in [0.4, 0.5) is 11.4 Å². The zero-order valence-corrected chi connectivity index (χ0v) is 18.5. The predicted octanol–water partition coefficient (Wildman–Crippen LogP) is 3.50. The summed E-state index contributed by atoms with van der Waals surface area (Å²) in [5.74, 6) is 0.665. The standard InChI is InChI=1S/C23H31N5O2/c1-6-8-19-20(15(3)4)25-22-21(16(5)26-28(22)23(19)30)24-17-9-11-18(12-10-17)27(7-2)13-14-29/h9-12,15,29H,6-8,13-14H2,1-5H3. The molecule has 1 aromatic heterocycles. The highest BCUT2D eigenvalue weighted by atomic mass is 16.3. The molecule has 2 aromatic rings. The van der Waals surface area contributed by atoms with Crippen LogP contribution in [0.3, 0.4) is 0 Å². The van der Waals surface area contributed by atoms with E-state index in [0.717, 1.165) is 35.6 Å². The lowest BCUT2D eigenvalue weighted by atomic mass is 10.0. The number of aliphatic hydroxyl groups excluding tert-OH is 1. The fourth-order valence-electron chi connectivity index (χ4n) is 3.72. The summed E-state index contributed by atoms with van der Waals surface area (Å²) < 4.78 is 1.40. The van der Waals surface area contributed by atoms with E-state index in [4.69, 9.17) is 9.98 Å². The number of aromatic nitrogens is 2. The molecule has 0 bridgehead atoms. The molecule has 7 nitrogen and oxygen atoms in total. The van der Waals surface area contributed by atoms with E-state index in [2.05, 4.69) is 37.7 Å². The third-order valence-corrected chi connectivity index (χ3v) is 5.25. The molecule has 0 saturated carbocycles. The van der Waals surface area contributed by atoms with Crippen LogP contribution in [0.2, 0.25) is 0 Å². The van der Waals surface area contributed by atoms with E-state index in [0.29, 0.717) is 30.2 Å². The average molecular weight is 410 g/mol. The molecule has 30 heavy (non-hydrogen) atoms. The molecule has 0 fully saturated rings. The van der Waals surface area contributed by atoms with Gasteiger partial charge in [-0.25, -0.2) is 9.98 Å². The Labute approximate surface area is 177 Å². The largest absolute Gasteiger partial charge is 0.395 e. The molecule has 1 aliphatic rings. The first kappa shape index (κ1) is 21.9. The molecule has 0 aliphatic carbocycles. The number of aliphatic hydroxyl groups is 1. The van der Waals surface area contributed by atoms with Crippen molar-refractivity contribution in [3.05, 3.63) is 51.7 Å². The quantitative estimate of drug-likeness (QED) is 0.723. The molecule has 0 spiro atoms. The van der Waals surface area contributed by atoms with Crippen LogP contribution in [-0.4, -0.2) is 45.9 Å². The van der Waals surface area contributed by atoms with Crippen molar-refractivity contribution in [3.63, 3.8) is 0 Å². The molecule has 2 heterocycles. The number of rotatable bonds is 8. The van der Waals surface area contributed by atoms with Gasteiger partial charge in [-0.1, -0.05) is 27.2 Å². The van der Waals surface area contributed by atoms with E-state index < -0.39 is 0 Å². The third kappa shape index (κ3) is 4.21. The van der Waals surface area contributed by atoms with Crippen LogP contribution < -0.4 is 10.5 Å². The highest BCUT2D eigenvalue weighted by Gasteiger charge is 2.27. The van der Waals surface area contributed by atoms with Crippen LogP contribution in [-0.2, 0) is 6.42 Å². The lowest BCUT2D eigenvalue weighted by molar-refractivity contribution is 0.302. The molecule has 0 amide bonds. The minimum atomic E-state index is -0.0898. The topological polar surface area (TPSA) is 83.1 Å². The van der Waals surface area contributed by atoms with Gasteiger partial charge in [0, 0.05) is 24.3 Å². The first-order valence-corrected chi connectivity index (χ1v) is 10.7. The van der Waals surface area contributed by atoms with Gasteiger partial charge in [-0.3, -0.25) is 4.79 Å². The Bertz CT molecular complexity index is 1020. The number of benzene rings is 1. The molecule has 0 radical (unpaired) electrons. The zero-order valence-electron chi connectivity index (χ0n) is 18.5. The Kier molecular flexibility index (Phi) is 6.82. The lowest BCUT2D eigenvalue weighted by Gasteiger charge is -2.21. The SMILES string of the molecule is CCCc1c(C(C)C)nc2n(c1=O)N=C(C)C2=Nc1ccc(N(CC)CCO)cc1. The van der Waals surface area contributed by atoms with E-state index >= 15 is 0 Å². The highest BCUT2D eigenvalue weighted by Crippen LogP contribution is 2.23. The molecule has 3 rings (SSSR count). The van der Waals surface area contributed by atoms with Gasteiger partial charge < -0.3 is 10.0 Å². The van der Waals surface area contributed by atoms with Gasteiger partial charge in [0.05, 0.1) is 23.7 Å². The Hall–Kier alpha value is -2.80. The van der Waals surface area contributed by atoms with Crippen molar-refractivity contribution in [2.24, 2.45) is 10.1 Å². The molecule has 7 heteroatoms. The number of hydrogen-bond acceptors (Lipinski definition) is 6. The van der Waals surface area contributed by atoms with Crippen LogP contribution in [0.1, 0.15) is 64.0 Å². The number of hydrogen-bond donors (Lipinski definition) is 1. The van der Waals surface area contributed by atoms with E-state index in [1.54, 1.807) is 0 Å². The molecule has 160 valence electrons. The van der Waals surface area contributed by atoms with Gasteiger partial charge in [0.25, 0.3) is 5.56 Å². The van der Waals surface area contributed by atoms with Crippen molar-refractivity contribution in [1.82, 2.24) is 9.66 Å². The van der Waals surface area contributed by atoms with E-state index in [-0.39, 0.29) is 18.1 Å². The average Bonchev–Trinajstić information content (AvgIpc) is 3.04. The summed E-state index contributed by atoms with van der Waals surface area (Å²) in [5, 5.41) is 13.7. The molecular weight excluding hydrogens is 378 g/mol. The Morgan fingerprint density at radius 1 is 1.20 bits per heavy atom. The van der Waals surface area contributed by atoms with E-state index in [1.165, 1.54) is 4.68 Å². The minimum Gasteiger partial charge on any atom is -0.395 e. The molecule has 1 aromatic carbocycles. The second kappa shape index (κ2) is 9.34. The number of aliphatic imine (C=N–C) groups is 1. The fourth-order valence-corrected chi connectivity index (χ4v) is 3.72. The fraction of sp³-hybridized carbons (Fsp3) is 0.478. The molecule has 1 aliphatic heterocycles. The normalized spacial score (nSPS) is 14.4. The summed E-state index contributed by atoms with van der Waals surface area (Å²) in [6.45, 7) is 11.6. The smallest absolute Gasteiger partial charge is 0.277 e. The van der Waals surface area contributed by atoms with Crippen LogP contribution in [0.25, 0.3) is 0 Å². The van der Waals surface area contributed by atoms with Gasteiger partial charge in [-0.15, -0.1) is 0 Å². The maximum absolute atomic E-state index is 13.1. The van der Waals surface area contributed by atoms with Crippen LogP contribution >= 0.6 is 0 Å². The summed E-state index contributed by atoms with van der Waals surface area (Å²) >= 11 is 0. The number of anilines is 1. The number of likely N-dealkylation sites (N-methyl/N-ethyl adjacent to an activating group) is 1. The van der Waals surface area contributed by atoms with Gasteiger partial charge in [0.15, 0.2) is 5.82 Å². The summed E-state index contributed by atoms with van der Waals surface area (Å²) in [4.78, 5) is 24.8. The van der Waals surface area contributed by atoms with Crippen LogP contribution in [0.15, 0.2) is 39.2 Å². The molecule has 0 unspecified atom stereocenters. The van der Waals surface area contributed by atoms with Gasteiger partial charge in [-0.2, -0.15) is 9.78 Å². The van der Waals surface area contributed by atoms with Crippen LogP contribution in [0, 0.1) is 0 Å². The van der Waals surface area contributed by atoms with Crippen molar-refractivity contribution >= 4 is 22.8 Å². The highest BCUT2D eigenvalue weighted by molar-refractivity contribution is 6.48. The molecule has 0 atom stereocenters. The maximum atomic E-state index is 13.1. The van der Waals surface area contributed by atoms with E-state index in [9.17, 15) is 9.90 Å². The van der Waals surface area contributed by atoms with Crippen molar-refractivity contribution in [2.45, 2.75) is 53.4 Å². The van der Waals surface area contributed by atoms with Crippen LogP contribution in [0.5, 0.6) is 0 Å². The third-order valence-electron chi connectivity index (χ3n) is 5.25. The maximum Gasteiger partial charge on any atom is 0.277 e. The summed E-state index contributed by atoms with van der Waals surface area (Å²) in [5.41, 5.74) is 4.62. The second-order valence-electron chi connectivity index (χ2n) is 7.79. The lowest BCUT2D eigenvalue weighted by Crippen LogP contribution is -2.27.